The maximum atomic E-state index is 12.6. The molecule has 0 heterocycles. The summed E-state index contributed by atoms with van der Waals surface area (Å²) in [5.41, 5.74) is 0. The average Bonchev–Trinajstić information content (AvgIpc) is 2.99. The molecule has 0 aromatic rings. The lowest BCUT2D eigenvalue weighted by atomic mass is 9.82. The van der Waals surface area contributed by atoms with Crippen LogP contribution in [-0.4, -0.2) is 35.0 Å². The first-order valence-corrected chi connectivity index (χ1v) is 7.30. The van der Waals surface area contributed by atoms with Gasteiger partial charge in [-0.1, -0.05) is 25.5 Å². The fourth-order valence-corrected chi connectivity index (χ4v) is 3.48. The first kappa shape index (κ1) is 14.1. The van der Waals surface area contributed by atoms with Gasteiger partial charge in [-0.2, -0.15) is 0 Å². The van der Waals surface area contributed by atoms with E-state index < -0.39 is 11.9 Å². The van der Waals surface area contributed by atoms with Gasteiger partial charge in [0.2, 0.25) is 5.91 Å². The van der Waals surface area contributed by atoms with E-state index in [2.05, 4.69) is 6.92 Å². The molecule has 2 unspecified atom stereocenters. The van der Waals surface area contributed by atoms with Crippen molar-refractivity contribution in [1.29, 1.82) is 0 Å². The van der Waals surface area contributed by atoms with Crippen LogP contribution in [0.1, 0.15) is 33.1 Å². The number of hydrogen-bond acceptors (Lipinski definition) is 2. The Balaban J connectivity index is 2.12. The molecular formula is C15H23NO3. The van der Waals surface area contributed by atoms with E-state index in [-0.39, 0.29) is 23.7 Å². The van der Waals surface area contributed by atoms with Crippen molar-refractivity contribution in [2.24, 2.45) is 23.7 Å². The van der Waals surface area contributed by atoms with Crippen molar-refractivity contribution in [3.05, 3.63) is 12.2 Å². The Labute approximate surface area is 114 Å². The zero-order valence-electron chi connectivity index (χ0n) is 11.7. The molecule has 2 bridgehead atoms. The summed E-state index contributed by atoms with van der Waals surface area (Å²) in [5.74, 6) is -1.44. The van der Waals surface area contributed by atoms with Crippen LogP contribution in [0.25, 0.3) is 0 Å². The van der Waals surface area contributed by atoms with E-state index >= 15 is 0 Å². The van der Waals surface area contributed by atoms with Crippen molar-refractivity contribution in [1.82, 2.24) is 4.90 Å². The third-order valence-corrected chi connectivity index (χ3v) is 4.50. The molecule has 2 aliphatic carbocycles. The first-order valence-electron chi connectivity index (χ1n) is 7.30. The maximum absolute atomic E-state index is 12.6. The number of nitrogens with zero attached hydrogens (tertiary/aromatic N) is 1. The highest BCUT2D eigenvalue weighted by molar-refractivity contribution is 5.86. The highest BCUT2D eigenvalue weighted by atomic mass is 16.4. The smallest absolute Gasteiger partial charge is 0.307 e. The lowest BCUT2D eigenvalue weighted by molar-refractivity contribution is -0.151. The highest BCUT2D eigenvalue weighted by Gasteiger charge is 2.52. The lowest BCUT2D eigenvalue weighted by Crippen LogP contribution is -2.43. The van der Waals surface area contributed by atoms with Gasteiger partial charge in [-0.05, 0) is 31.6 Å². The van der Waals surface area contributed by atoms with Crippen molar-refractivity contribution < 1.29 is 14.7 Å². The van der Waals surface area contributed by atoms with Crippen LogP contribution in [0.15, 0.2) is 12.2 Å². The molecule has 0 aromatic carbocycles. The molecule has 0 radical (unpaired) electrons. The molecule has 4 nitrogen and oxygen atoms in total. The largest absolute Gasteiger partial charge is 0.481 e. The van der Waals surface area contributed by atoms with Crippen LogP contribution < -0.4 is 0 Å². The number of carboxylic acids is 1. The van der Waals surface area contributed by atoms with E-state index in [0.717, 1.165) is 25.8 Å². The Hall–Kier alpha value is -1.32. The minimum atomic E-state index is -0.818. The molecule has 19 heavy (non-hydrogen) atoms. The number of rotatable bonds is 6. The van der Waals surface area contributed by atoms with Gasteiger partial charge >= 0.3 is 5.97 Å². The van der Waals surface area contributed by atoms with Crippen molar-refractivity contribution >= 4 is 11.9 Å². The van der Waals surface area contributed by atoms with E-state index in [1.54, 1.807) is 0 Å². The molecule has 0 saturated heterocycles. The first-order chi connectivity index (χ1) is 9.10. The summed E-state index contributed by atoms with van der Waals surface area (Å²) >= 11 is 0. The van der Waals surface area contributed by atoms with Crippen LogP contribution in [-0.2, 0) is 9.59 Å². The third-order valence-electron chi connectivity index (χ3n) is 4.50. The molecule has 0 aliphatic heterocycles. The average molecular weight is 265 g/mol. The predicted octanol–water partition coefficient (Wildman–Crippen LogP) is 2.16. The maximum Gasteiger partial charge on any atom is 0.307 e. The lowest BCUT2D eigenvalue weighted by Gasteiger charge is -2.30. The summed E-state index contributed by atoms with van der Waals surface area (Å²) in [6, 6.07) is 0. The molecule has 1 fully saturated rings. The van der Waals surface area contributed by atoms with Crippen molar-refractivity contribution in [3.8, 4) is 0 Å². The Morgan fingerprint density at radius 3 is 2.37 bits per heavy atom. The fourth-order valence-electron chi connectivity index (χ4n) is 3.48. The summed E-state index contributed by atoms with van der Waals surface area (Å²) in [4.78, 5) is 25.9. The molecule has 0 aromatic heterocycles. The molecule has 4 heteroatoms. The van der Waals surface area contributed by atoms with Crippen molar-refractivity contribution in [2.75, 3.05) is 13.1 Å². The predicted molar refractivity (Wildman–Crippen MR) is 72.5 cm³/mol. The summed E-state index contributed by atoms with van der Waals surface area (Å²) < 4.78 is 0. The SMILES string of the molecule is CCCCN(CC)C(=O)[C@H]1C2C=CC(C2)[C@H]1C(=O)O. The normalized spacial score (nSPS) is 31.7. The Kier molecular flexibility index (Phi) is 4.27. The summed E-state index contributed by atoms with van der Waals surface area (Å²) in [6.45, 7) is 5.48. The van der Waals surface area contributed by atoms with Gasteiger partial charge in [0.05, 0.1) is 11.8 Å². The summed E-state index contributed by atoms with van der Waals surface area (Å²) in [7, 11) is 0. The quantitative estimate of drug-likeness (QED) is 0.749. The minimum absolute atomic E-state index is 0.0419. The molecule has 106 valence electrons. The molecule has 0 spiro atoms. The van der Waals surface area contributed by atoms with Crippen LogP contribution >= 0.6 is 0 Å². The number of aliphatic carboxylic acids is 1. The van der Waals surface area contributed by atoms with Gasteiger partial charge in [0, 0.05) is 13.1 Å². The number of amides is 1. The third kappa shape index (κ3) is 2.53. The van der Waals surface area contributed by atoms with Crippen LogP contribution in [0, 0.1) is 23.7 Å². The van der Waals surface area contributed by atoms with Gasteiger partial charge in [0.25, 0.3) is 0 Å². The standard InChI is InChI=1S/C15H23NO3/c1-3-5-8-16(4-2)14(17)12-10-6-7-11(9-10)13(12)15(18)19/h6-7,10-13H,3-5,8-9H2,1-2H3,(H,18,19)/t10?,11?,12-,13+/m0/s1. The van der Waals surface area contributed by atoms with Gasteiger partial charge in [-0.25, -0.2) is 0 Å². The monoisotopic (exact) mass is 265 g/mol. The van der Waals surface area contributed by atoms with Crippen molar-refractivity contribution in [3.63, 3.8) is 0 Å². The summed E-state index contributed by atoms with van der Waals surface area (Å²) in [6.07, 6.45) is 6.88. The second-order valence-corrected chi connectivity index (χ2v) is 5.61. The second-order valence-electron chi connectivity index (χ2n) is 5.61. The number of carbonyl (C=O) groups excluding carboxylic acids is 1. The Morgan fingerprint density at radius 2 is 1.84 bits per heavy atom. The van der Waals surface area contributed by atoms with Crippen LogP contribution in [0.5, 0.6) is 0 Å². The van der Waals surface area contributed by atoms with Gasteiger partial charge in [-0.3, -0.25) is 9.59 Å². The number of unbranched alkanes of at least 4 members (excludes halogenated alkanes) is 1. The van der Waals surface area contributed by atoms with Crippen LogP contribution in [0.3, 0.4) is 0 Å². The van der Waals surface area contributed by atoms with Crippen molar-refractivity contribution in [2.45, 2.75) is 33.1 Å². The number of carboxylic acid groups (broad SMARTS) is 1. The van der Waals surface area contributed by atoms with Gasteiger partial charge < -0.3 is 10.0 Å². The Morgan fingerprint density at radius 1 is 1.21 bits per heavy atom. The molecule has 2 rings (SSSR count). The zero-order valence-corrected chi connectivity index (χ0v) is 11.7. The molecule has 1 amide bonds. The molecular weight excluding hydrogens is 242 g/mol. The zero-order chi connectivity index (χ0) is 14.0. The Bertz CT molecular complexity index is 391. The van der Waals surface area contributed by atoms with Crippen LogP contribution in [0.4, 0.5) is 0 Å². The topological polar surface area (TPSA) is 57.6 Å². The number of allylic oxidation sites excluding steroid dienone is 2. The minimum Gasteiger partial charge on any atom is -0.481 e. The van der Waals surface area contributed by atoms with E-state index in [0.29, 0.717) is 6.54 Å². The fraction of sp³-hybridized carbons (Fsp3) is 0.733. The van der Waals surface area contributed by atoms with Gasteiger partial charge in [0.15, 0.2) is 0 Å². The second kappa shape index (κ2) is 5.76. The molecule has 1 N–H and O–H groups in total. The van der Waals surface area contributed by atoms with Gasteiger partial charge in [-0.15, -0.1) is 0 Å². The van der Waals surface area contributed by atoms with E-state index in [4.69, 9.17) is 0 Å². The van der Waals surface area contributed by atoms with E-state index in [9.17, 15) is 14.7 Å². The summed E-state index contributed by atoms with van der Waals surface area (Å²) in [5, 5.41) is 9.38. The molecule has 4 atom stereocenters. The molecule has 2 aliphatic rings. The number of hydrogen-bond donors (Lipinski definition) is 1. The highest BCUT2D eigenvalue weighted by Crippen LogP contribution is 2.48. The van der Waals surface area contributed by atoms with Crippen LogP contribution in [0.2, 0.25) is 0 Å². The van der Waals surface area contributed by atoms with Gasteiger partial charge in [0.1, 0.15) is 0 Å². The van der Waals surface area contributed by atoms with E-state index in [1.165, 1.54) is 0 Å². The number of carbonyl (C=O) groups is 2. The number of fused-ring (bicyclic) bond motifs is 2. The van der Waals surface area contributed by atoms with E-state index in [1.807, 2.05) is 24.0 Å². The molecule has 1 saturated carbocycles.